The normalized spacial score (nSPS) is 13.1. The second kappa shape index (κ2) is 5.18. The van der Waals surface area contributed by atoms with E-state index in [1.807, 2.05) is 43.5 Å². The molecule has 0 amide bonds. The molecular weight excluding hydrogens is 240 g/mol. The van der Waals surface area contributed by atoms with Crippen LogP contribution in [0.1, 0.15) is 11.3 Å². The van der Waals surface area contributed by atoms with Gasteiger partial charge >= 0.3 is 0 Å². The van der Waals surface area contributed by atoms with Gasteiger partial charge in [-0.15, -0.1) is 0 Å². The van der Waals surface area contributed by atoms with Crippen molar-refractivity contribution < 1.29 is 9.47 Å². The first-order valence-electron chi connectivity index (χ1n) is 6.37. The fourth-order valence-corrected chi connectivity index (χ4v) is 2.04. The highest BCUT2D eigenvalue weighted by atomic mass is 16.6. The molecule has 0 spiro atoms. The maximum absolute atomic E-state index is 5.68. The molecule has 4 nitrogen and oxygen atoms in total. The van der Waals surface area contributed by atoms with Gasteiger partial charge in [0.15, 0.2) is 11.5 Å². The van der Waals surface area contributed by atoms with Crippen LogP contribution in [0.3, 0.4) is 0 Å². The molecule has 0 atom stereocenters. The zero-order chi connectivity index (χ0) is 13.1. The summed E-state index contributed by atoms with van der Waals surface area (Å²) in [6.07, 6.45) is 1.84. The monoisotopic (exact) mass is 256 g/mol. The highest BCUT2D eigenvalue weighted by molar-refractivity contribution is 5.50. The molecule has 0 radical (unpaired) electrons. The van der Waals surface area contributed by atoms with E-state index in [2.05, 4.69) is 10.3 Å². The van der Waals surface area contributed by atoms with Crippen LogP contribution in [0, 0.1) is 6.92 Å². The average molecular weight is 256 g/mol. The Morgan fingerprint density at radius 1 is 1.16 bits per heavy atom. The molecule has 19 heavy (non-hydrogen) atoms. The Bertz CT molecular complexity index is 567. The van der Waals surface area contributed by atoms with Gasteiger partial charge in [-0.05, 0) is 25.1 Å². The Morgan fingerprint density at radius 3 is 2.89 bits per heavy atom. The van der Waals surface area contributed by atoms with Gasteiger partial charge in [-0.3, -0.25) is 4.98 Å². The number of para-hydroxylation sites is 1. The lowest BCUT2D eigenvalue weighted by Crippen LogP contribution is -2.17. The van der Waals surface area contributed by atoms with Crippen LogP contribution in [-0.4, -0.2) is 18.2 Å². The van der Waals surface area contributed by atoms with E-state index in [0.717, 1.165) is 28.4 Å². The molecule has 3 rings (SSSR count). The van der Waals surface area contributed by atoms with E-state index in [1.54, 1.807) is 0 Å². The summed E-state index contributed by atoms with van der Waals surface area (Å²) in [5, 5.41) is 3.34. The van der Waals surface area contributed by atoms with Gasteiger partial charge in [-0.1, -0.05) is 12.1 Å². The fraction of sp³-hybridized carbons (Fsp3) is 0.267. The first-order valence-corrected chi connectivity index (χ1v) is 6.37. The molecule has 2 aromatic rings. The van der Waals surface area contributed by atoms with Crippen LogP contribution in [0.25, 0.3) is 0 Å². The number of aromatic nitrogens is 1. The Morgan fingerprint density at radius 2 is 2.05 bits per heavy atom. The van der Waals surface area contributed by atoms with Gasteiger partial charge < -0.3 is 14.8 Å². The van der Waals surface area contributed by atoms with E-state index in [4.69, 9.17) is 9.47 Å². The molecule has 0 saturated heterocycles. The summed E-state index contributed by atoms with van der Waals surface area (Å²) < 4.78 is 11.2. The number of anilines is 1. The Labute approximate surface area is 112 Å². The molecule has 1 aromatic heterocycles. The van der Waals surface area contributed by atoms with Gasteiger partial charge in [0.1, 0.15) is 13.2 Å². The van der Waals surface area contributed by atoms with Gasteiger partial charge in [0.25, 0.3) is 0 Å². The smallest absolute Gasteiger partial charge is 0.166 e. The number of nitrogens with one attached hydrogen (secondary N) is 1. The second-order valence-corrected chi connectivity index (χ2v) is 4.48. The van der Waals surface area contributed by atoms with E-state index in [-0.39, 0.29) is 0 Å². The molecule has 0 saturated carbocycles. The Kier molecular flexibility index (Phi) is 3.23. The van der Waals surface area contributed by atoms with Crippen molar-refractivity contribution in [1.29, 1.82) is 0 Å². The van der Waals surface area contributed by atoms with Crippen LogP contribution >= 0.6 is 0 Å². The first kappa shape index (κ1) is 11.8. The van der Waals surface area contributed by atoms with Gasteiger partial charge in [-0.2, -0.15) is 0 Å². The average Bonchev–Trinajstić information content (AvgIpc) is 2.47. The summed E-state index contributed by atoms with van der Waals surface area (Å²) >= 11 is 0. The van der Waals surface area contributed by atoms with Crippen molar-refractivity contribution in [2.75, 3.05) is 18.5 Å². The fourth-order valence-electron chi connectivity index (χ4n) is 2.04. The number of hydrogen-bond acceptors (Lipinski definition) is 4. The summed E-state index contributed by atoms with van der Waals surface area (Å²) in [6.45, 7) is 3.89. The lowest BCUT2D eigenvalue weighted by molar-refractivity contribution is 0.170. The van der Waals surface area contributed by atoms with Crippen LogP contribution in [0.4, 0.5) is 5.69 Å². The van der Waals surface area contributed by atoms with Crippen LogP contribution in [0.2, 0.25) is 0 Å². The van der Waals surface area contributed by atoms with E-state index in [0.29, 0.717) is 19.8 Å². The van der Waals surface area contributed by atoms with Crippen molar-refractivity contribution in [3.63, 3.8) is 0 Å². The minimum absolute atomic E-state index is 0.607. The highest BCUT2D eigenvalue weighted by Gasteiger charge is 2.14. The van der Waals surface area contributed by atoms with Crippen molar-refractivity contribution >= 4 is 5.69 Å². The lowest BCUT2D eigenvalue weighted by atomic mass is 10.1. The minimum atomic E-state index is 0.607. The zero-order valence-electron chi connectivity index (χ0n) is 10.8. The number of rotatable bonds is 3. The van der Waals surface area contributed by atoms with Gasteiger partial charge in [0, 0.05) is 17.8 Å². The molecule has 0 fully saturated rings. The third kappa shape index (κ3) is 2.62. The van der Waals surface area contributed by atoms with Crippen LogP contribution in [0.15, 0.2) is 36.5 Å². The molecule has 4 heteroatoms. The van der Waals surface area contributed by atoms with Gasteiger partial charge in [0.05, 0.1) is 11.9 Å². The maximum Gasteiger partial charge on any atom is 0.166 e. The number of fused-ring (bicyclic) bond motifs is 1. The van der Waals surface area contributed by atoms with Crippen molar-refractivity contribution in [2.24, 2.45) is 0 Å². The van der Waals surface area contributed by atoms with E-state index < -0.39 is 0 Å². The minimum Gasteiger partial charge on any atom is -0.486 e. The third-order valence-electron chi connectivity index (χ3n) is 3.04. The largest absolute Gasteiger partial charge is 0.486 e. The van der Waals surface area contributed by atoms with E-state index >= 15 is 0 Å². The lowest BCUT2D eigenvalue weighted by Gasteiger charge is -2.21. The summed E-state index contributed by atoms with van der Waals surface area (Å²) in [7, 11) is 0. The number of nitrogens with zero attached hydrogens (tertiary/aromatic N) is 1. The van der Waals surface area contributed by atoms with Gasteiger partial charge in [-0.25, -0.2) is 0 Å². The molecule has 98 valence electrons. The molecule has 1 N–H and O–H groups in total. The SMILES string of the molecule is Cc1ccc(NCc2cccc3c2OCCO3)cn1. The number of pyridine rings is 1. The summed E-state index contributed by atoms with van der Waals surface area (Å²) in [6, 6.07) is 9.98. The molecule has 0 unspecified atom stereocenters. The molecule has 1 aliphatic rings. The predicted molar refractivity (Wildman–Crippen MR) is 73.7 cm³/mol. The first-order chi connectivity index (χ1) is 9.33. The molecule has 2 heterocycles. The zero-order valence-corrected chi connectivity index (χ0v) is 10.8. The van der Waals surface area contributed by atoms with Crippen LogP contribution in [0.5, 0.6) is 11.5 Å². The molecule has 0 bridgehead atoms. The van der Waals surface area contributed by atoms with Crippen LogP contribution < -0.4 is 14.8 Å². The third-order valence-corrected chi connectivity index (χ3v) is 3.04. The molecule has 1 aromatic carbocycles. The molecule has 1 aliphatic heterocycles. The van der Waals surface area contributed by atoms with Crippen molar-refractivity contribution in [3.8, 4) is 11.5 Å². The number of benzene rings is 1. The number of aryl methyl sites for hydroxylation is 1. The summed E-state index contributed by atoms with van der Waals surface area (Å²) in [5.74, 6) is 1.67. The van der Waals surface area contributed by atoms with E-state index in [1.165, 1.54) is 0 Å². The maximum atomic E-state index is 5.68. The Hall–Kier alpha value is -2.23. The second-order valence-electron chi connectivity index (χ2n) is 4.48. The standard InChI is InChI=1S/C15H16N2O2/c1-11-5-6-13(10-16-11)17-9-12-3-2-4-14-15(12)19-8-7-18-14/h2-6,10,17H,7-9H2,1H3. The van der Waals surface area contributed by atoms with Crippen LogP contribution in [-0.2, 0) is 6.54 Å². The molecular formula is C15H16N2O2. The Balaban J connectivity index is 1.75. The highest BCUT2D eigenvalue weighted by Crippen LogP contribution is 2.33. The van der Waals surface area contributed by atoms with E-state index in [9.17, 15) is 0 Å². The van der Waals surface area contributed by atoms with Crippen molar-refractivity contribution in [2.45, 2.75) is 13.5 Å². The van der Waals surface area contributed by atoms with Crippen molar-refractivity contribution in [1.82, 2.24) is 4.98 Å². The number of ether oxygens (including phenoxy) is 2. The topological polar surface area (TPSA) is 43.4 Å². The van der Waals surface area contributed by atoms with Gasteiger partial charge in [0.2, 0.25) is 0 Å². The number of hydrogen-bond donors (Lipinski definition) is 1. The molecule has 0 aliphatic carbocycles. The summed E-state index contributed by atoms with van der Waals surface area (Å²) in [5.41, 5.74) is 3.11. The summed E-state index contributed by atoms with van der Waals surface area (Å²) in [4.78, 5) is 4.26. The quantitative estimate of drug-likeness (QED) is 0.917. The van der Waals surface area contributed by atoms with Crippen molar-refractivity contribution in [3.05, 3.63) is 47.8 Å². The predicted octanol–water partition coefficient (Wildman–Crippen LogP) is 2.77.